The molecule has 0 spiro atoms. The lowest BCUT2D eigenvalue weighted by molar-refractivity contribution is 0.0996. The summed E-state index contributed by atoms with van der Waals surface area (Å²) in [6, 6.07) is 19.0. The highest BCUT2D eigenvalue weighted by Crippen LogP contribution is 2.26. The minimum Gasteiger partial charge on any atom is -0.459 e. The summed E-state index contributed by atoms with van der Waals surface area (Å²) < 4.78 is 10.6. The topological polar surface area (TPSA) is 81.2 Å². The Hall–Kier alpha value is -3.32. The standard InChI is InChI=1S/C20H15N3O3S/c24-19(22-16-6-4-5-14(11-16)20-23-21-13-26-20)18-15(9-10-25-18)12-27-17-7-2-1-3-8-17/h1-11,13H,12H2,(H,22,24). The summed E-state index contributed by atoms with van der Waals surface area (Å²) >= 11 is 1.65. The van der Waals surface area contributed by atoms with E-state index in [0.717, 1.165) is 16.0 Å². The number of nitrogens with zero attached hydrogens (tertiary/aromatic N) is 2. The normalized spacial score (nSPS) is 10.7. The van der Waals surface area contributed by atoms with Gasteiger partial charge in [-0.3, -0.25) is 4.79 Å². The molecule has 2 heterocycles. The third-order valence-corrected chi connectivity index (χ3v) is 4.88. The van der Waals surface area contributed by atoms with E-state index in [4.69, 9.17) is 8.83 Å². The van der Waals surface area contributed by atoms with E-state index >= 15 is 0 Å². The third-order valence-electron chi connectivity index (χ3n) is 3.82. The minimum atomic E-state index is -0.300. The number of amides is 1. The molecule has 4 rings (SSSR count). The van der Waals surface area contributed by atoms with Gasteiger partial charge in [0, 0.05) is 27.5 Å². The van der Waals surface area contributed by atoms with Gasteiger partial charge in [-0.05, 0) is 36.4 Å². The molecule has 7 heteroatoms. The van der Waals surface area contributed by atoms with Crippen LogP contribution >= 0.6 is 11.8 Å². The summed E-state index contributed by atoms with van der Waals surface area (Å²) in [6.07, 6.45) is 2.80. The summed E-state index contributed by atoms with van der Waals surface area (Å²) in [5.41, 5.74) is 2.19. The molecule has 0 aliphatic heterocycles. The lowest BCUT2D eigenvalue weighted by Gasteiger charge is -2.06. The molecule has 0 atom stereocenters. The Balaban J connectivity index is 1.46. The highest BCUT2D eigenvalue weighted by atomic mass is 32.2. The Labute approximate surface area is 159 Å². The van der Waals surface area contributed by atoms with Gasteiger partial charge < -0.3 is 14.2 Å². The SMILES string of the molecule is O=C(Nc1cccc(-c2nnco2)c1)c1occc1CSc1ccccc1. The van der Waals surface area contributed by atoms with Gasteiger partial charge in [0.2, 0.25) is 12.3 Å². The van der Waals surface area contributed by atoms with Crippen LogP contribution in [0, 0.1) is 0 Å². The molecule has 0 saturated heterocycles. The van der Waals surface area contributed by atoms with E-state index in [-0.39, 0.29) is 5.91 Å². The first-order valence-corrected chi connectivity index (χ1v) is 9.20. The number of aromatic nitrogens is 2. The number of hydrogen-bond acceptors (Lipinski definition) is 6. The van der Waals surface area contributed by atoms with Crippen LogP contribution in [-0.2, 0) is 5.75 Å². The molecule has 1 amide bonds. The van der Waals surface area contributed by atoms with Crippen molar-refractivity contribution in [2.75, 3.05) is 5.32 Å². The van der Waals surface area contributed by atoms with Gasteiger partial charge in [0.05, 0.1) is 6.26 Å². The fourth-order valence-corrected chi connectivity index (χ4v) is 3.44. The van der Waals surface area contributed by atoms with Crippen LogP contribution in [0.3, 0.4) is 0 Å². The van der Waals surface area contributed by atoms with E-state index in [1.807, 2.05) is 48.5 Å². The van der Waals surface area contributed by atoms with Crippen LogP contribution in [0.25, 0.3) is 11.5 Å². The average molecular weight is 377 g/mol. The number of carbonyl (C=O) groups is 1. The van der Waals surface area contributed by atoms with E-state index in [9.17, 15) is 4.79 Å². The highest BCUT2D eigenvalue weighted by Gasteiger charge is 2.16. The quantitative estimate of drug-likeness (QED) is 0.483. The number of thioether (sulfide) groups is 1. The first-order valence-electron chi connectivity index (χ1n) is 8.22. The number of anilines is 1. The predicted octanol–water partition coefficient (Wildman–Crippen LogP) is 4.87. The number of furan rings is 1. The molecule has 0 aliphatic carbocycles. The molecule has 2 aromatic heterocycles. The molecule has 0 bridgehead atoms. The lowest BCUT2D eigenvalue weighted by Crippen LogP contribution is -2.12. The number of nitrogens with one attached hydrogen (secondary N) is 1. The number of rotatable bonds is 6. The van der Waals surface area contributed by atoms with Crippen LogP contribution in [-0.4, -0.2) is 16.1 Å². The summed E-state index contributed by atoms with van der Waals surface area (Å²) in [5, 5.41) is 10.4. The second-order valence-electron chi connectivity index (χ2n) is 5.66. The smallest absolute Gasteiger partial charge is 0.291 e. The Bertz CT molecular complexity index is 1030. The Kier molecular flexibility index (Phi) is 5.02. The van der Waals surface area contributed by atoms with Crippen LogP contribution < -0.4 is 5.32 Å². The molecule has 4 aromatic rings. The molecule has 0 radical (unpaired) electrons. The van der Waals surface area contributed by atoms with Crippen molar-refractivity contribution in [1.29, 1.82) is 0 Å². The molecular weight excluding hydrogens is 362 g/mol. The van der Waals surface area contributed by atoms with Crippen LogP contribution in [0.15, 0.2) is 87.1 Å². The van der Waals surface area contributed by atoms with Gasteiger partial charge in [-0.25, -0.2) is 0 Å². The van der Waals surface area contributed by atoms with Crippen molar-refractivity contribution in [3.8, 4) is 11.5 Å². The second-order valence-corrected chi connectivity index (χ2v) is 6.70. The molecular formula is C20H15N3O3S. The van der Waals surface area contributed by atoms with Gasteiger partial charge in [-0.2, -0.15) is 0 Å². The van der Waals surface area contributed by atoms with E-state index in [1.165, 1.54) is 12.7 Å². The second kappa shape index (κ2) is 7.92. The number of hydrogen-bond donors (Lipinski definition) is 1. The van der Waals surface area contributed by atoms with Crippen molar-refractivity contribution in [3.05, 3.63) is 84.6 Å². The first kappa shape index (κ1) is 17.1. The van der Waals surface area contributed by atoms with Crippen molar-refractivity contribution in [2.45, 2.75) is 10.6 Å². The predicted molar refractivity (Wildman–Crippen MR) is 102 cm³/mol. The van der Waals surface area contributed by atoms with Crippen molar-refractivity contribution in [2.24, 2.45) is 0 Å². The zero-order chi connectivity index (χ0) is 18.5. The van der Waals surface area contributed by atoms with Crippen molar-refractivity contribution in [1.82, 2.24) is 10.2 Å². The van der Waals surface area contributed by atoms with Crippen LogP contribution in [0.2, 0.25) is 0 Å². The van der Waals surface area contributed by atoms with E-state index in [0.29, 0.717) is 23.1 Å². The Morgan fingerprint density at radius 3 is 2.74 bits per heavy atom. The van der Waals surface area contributed by atoms with E-state index < -0.39 is 0 Å². The molecule has 0 saturated carbocycles. The molecule has 134 valence electrons. The highest BCUT2D eigenvalue weighted by molar-refractivity contribution is 7.98. The molecule has 2 aromatic carbocycles. The number of benzene rings is 2. The molecule has 1 N–H and O–H groups in total. The summed E-state index contributed by atoms with van der Waals surface area (Å²) in [4.78, 5) is 13.8. The van der Waals surface area contributed by atoms with Gasteiger partial charge in [-0.1, -0.05) is 24.3 Å². The molecule has 0 fully saturated rings. The van der Waals surface area contributed by atoms with E-state index in [1.54, 1.807) is 23.9 Å². The number of carbonyl (C=O) groups excluding carboxylic acids is 1. The Morgan fingerprint density at radius 1 is 1.04 bits per heavy atom. The van der Waals surface area contributed by atoms with Gasteiger partial charge >= 0.3 is 0 Å². The fraction of sp³-hybridized carbons (Fsp3) is 0.0500. The maximum absolute atomic E-state index is 12.6. The van der Waals surface area contributed by atoms with Crippen molar-refractivity contribution >= 4 is 23.4 Å². The summed E-state index contributed by atoms with van der Waals surface area (Å²) in [6.45, 7) is 0. The molecule has 0 aliphatic rings. The molecule has 6 nitrogen and oxygen atoms in total. The van der Waals surface area contributed by atoms with Gasteiger partial charge in [-0.15, -0.1) is 22.0 Å². The summed E-state index contributed by atoms with van der Waals surface area (Å²) in [7, 11) is 0. The van der Waals surface area contributed by atoms with E-state index in [2.05, 4.69) is 15.5 Å². The maximum atomic E-state index is 12.6. The monoisotopic (exact) mass is 377 g/mol. The molecule has 27 heavy (non-hydrogen) atoms. The zero-order valence-electron chi connectivity index (χ0n) is 14.2. The first-order chi connectivity index (χ1) is 13.3. The van der Waals surface area contributed by atoms with Crippen LogP contribution in [0.5, 0.6) is 0 Å². The Morgan fingerprint density at radius 2 is 1.93 bits per heavy atom. The maximum Gasteiger partial charge on any atom is 0.291 e. The molecule has 0 unspecified atom stereocenters. The fourth-order valence-electron chi connectivity index (χ4n) is 2.54. The van der Waals surface area contributed by atoms with Crippen molar-refractivity contribution in [3.63, 3.8) is 0 Å². The van der Waals surface area contributed by atoms with Gasteiger partial charge in [0.15, 0.2) is 5.76 Å². The minimum absolute atomic E-state index is 0.300. The van der Waals surface area contributed by atoms with Crippen LogP contribution in [0.1, 0.15) is 16.1 Å². The average Bonchev–Trinajstić information content (AvgIpc) is 3.39. The zero-order valence-corrected chi connectivity index (χ0v) is 15.0. The lowest BCUT2D eigenvalue weighted by atomic mass is 10.2. The van der Waals surface area contributed by atoms with Crippen LogP contribution in [0.4, 0.5) is 5.69 Å². The summed E-state index contributed by atoms with van der Waals surface area (Å²) in [5.74, 6) is 1.04. The third kappa shape index (κ3) is 4.09. The van der Waals surface area contributed by atoms with Crippen molar-refractivity contribution < 1.29 is 13.6 Å². The van der Waals surface area contributed by atoms with Gasteiger partial charge in [0.1, 0.15) is 0 Å². The van der Waals surface area contributed by atoms with Gasteiger partial charge in [0.25, 0.3) is 5.91 Å². The largest absolute Gasteiger partial charge is 0.459 e.